The zero-order valence-corrected chi connectivity index (χ0v) is 9.44. The molecule has 1 aliphatic heterocycles. The van der Waals surface area contributed by atoms with Gasteiger partial charge in [-0.1, -0.05) is 29.8 Å². The van der Waals surface area contributed by atoms with Gasteiger partial charge in [-0.15, -0.1) is 0 Å². The Kier molecular flexibility index (Phi) is 2.42. The monoisotopic (exact) mass is 234 g/mol. The molecule has 0 N–H and O–H groups in total. The lowest BCUT2D eigenvalue weighted by molar-refractivity contribution is 0.110. The maximum absolute atomic E-state index is 6.30. The predicted octanol–water partition coefficient (Wildman–Crippen LogP) is 2.60. The number of rotatable bonds is 1. The average molecular weight is 235 g/mol. The highest BCUT2D eigenvalue weighted by Crippen LogP contribution is 2.27. The van der Waals surface area contributed by atoms with Crippen molar-refractivity contribution < 1.29 is 4.74 Å². The molecule has 82 valence electrons. The van der Waals surface area contributed by atoms with E-state index < -0.39 is 0 Å². The molecule has 1 aromatic carbocycles. The number of fused-ring (bicyclic) bond motifs is 1. The molecule has 4 heteroatoms. The highest BCUT2D eigenvalue weighted by Gasteiger charge is 2.20. The van der Waals surface area contributed by atoms with Crippen LogP contribution in [0.5, 0.6) is 0 Å². The normalized spacial score (nSPS) is 14.8. The summed E-state index contributed by atoms with van der Waals surface area (Å²) >= 11 is 6.30. The van der Waals surface area contributed by atoms with Crippen LogP contribution in [0.3, 0.4) is 0 Å². The molecule has 1 aromatic heterocycles. The Balaban J connectivity index is 2.12. The zero-order chi connectivity index (χ0) is 11.0. The SMILES string of the molecule is Clc1c2c(nn1-c1ccccc1)CCOC2. The molecule has 3 rings (SSSR count). The largest absolute Gasteiger partial charge is 0.376 e. The number of nitrogens with zero attached hydrogens (tertiary/aromatic N) is 2. The van der Waals surface area contributed by atoms with Crippen LogP contribution in [-0.4, -0.2) is 16.4 Å². The van der Waals surface area contributed by atoms with E-state index in [0.29, 0.717) is 11.8 Å². The predicted molar refractivity (Wildman–Crippen MR) is 61.9 cm³/mol. The van der Waals surface area contributed by atoms with Crippen molar-refractivity contribution in [1.29, 1.82) is 0 Å². The Labute approximate surface area is 98.6 Å². The quantitative estimate of drug-likeness (QED) is 0.759. The topological polar surface area (TPSA) is 27.1 Å². The summed E-state index contributed by atoms with van der Waals surface area (Å²) in [6.07, 6.45) is 0.842. The number of hydrogen-bond donors (Lipinski definition) is 0. The van der Waals surface area contributed by atoms with Crippen LogP contribution in [0.4, 0.5) is 0 Å². The highest BCUT2D eigenvalue weighted by atomic mass is 35.5. The third kappa shape index (κ3) is 1.52. The van der Waals surface area contributed by atoms with Crippen LogP contribution in [0, 0.1) is 0 Å². The van der Waals surface area contributed by atoms with Gasteiger partial charge >= 0.3 is 0 Å². The third-order valence-corrected chi connectivity index (χ3v) is 3.12. The standard InChI is InChI=1S/C12H11ClN2O/c13-12-10-8-16-7-6-11(10)14-15(12)9-4-2-1-3-5-9/h1-5H,6-8H2. The minimum absolute atomic E-state index is 0.570. The maximum atomic E-state index is 6.30. The summed E-state index contributed by atoms with van der Waals surface area (Å²) in [5, 5.41) is 5.19. The molecule has 2 aromatic rings. The molecular formula is C12H11ClN2O. The van der Waals surface area contributed by atoms with Gasteiger partial charge in [-0.05, 0) is 12.1 Å². The molecule has 3 nitrogen and oxygen atoms in total. The molecular weight excluding hydrogens is 224 g/mol. The summed E-state index contributed by atoms with van der Waals surface area (Å²) in [5.41, 5.74) is 3.07. The fourth-order valence-electron chi connectivity index (χ4n) is 1.90. The first-order valence-corrected chi connectivity index (χ1v) is 5.63. The molecule has 2 heterocycles. The average Bonchev–Trinajstić information content (AvgIpc) is 2.69. The molecule has 0 fully saturated rings. The number of benzene rings is 1. The van der Waals surface area contributed by atoms with Gasteiger partial charge < -0.3 is 4.74 Å². The molecule has 0 amide bonds. The van der Waals surface area contributed by atoms with E-state index in [1.54, 1.807) is 4.68 Å². The second-order valence-corrected chi connectivity index (χ2v) is 4.12. The van der Waals surface area contributed by atoms with Crippen molar-refractivity contribution in [2.75, 3.05) is 6.61 Å². The molecule has 0 aliphatic carbocycles. The van der Waals surface area contributed by atoms with E-state index in [-0.39, 0.29) is 0 Å². The summed E-state index contributed by atoms with van der Waals surface area (Å²) in [6.45, 7) is 1.30. The molecule has 0 unspecified atom stereocenters. The molecule has 0 spiro atoms. The van der Waals surface area contributed by atoms with E-state index in [9.17, 15) is 0 Å². The molecule has 0 bridgehead atoms. The summed E-state index contributed by atoms with van der Waals surface area (Å²) in [4.78, 5) is 0. The molecule has 0 radical (unpaired) electrons. The van der Waals surface area contributed by atoms with Crippen LogP contribution in [0.2, 0.25) is 5.15 Å². The Bertz CT molecular complexity index is 507. The van der Waals surface area contributed by atoms with Gasteiger partial charge in [0.2, 0.25) is 0 Å². The van der Waals surface area contributed by atoms with Crippen LogP contribution < -0.4 is 0 Å². The van der Waals surface area contributed by atoms with Gasteiger partial charge in [0.1, 0.15) is 5.15 Å². The second-order valence-electron chi connectivity index (χ2n) is 3.77. The van der Waals surface area contributed by atoms with Crippen LogP contribution >= 0.6 is 11.6 Å². The van der Waals surface area contributed by atoms with E-state index >= 15 is 0 Å². The Morgan fingerprint density at radius 3 is 2.81 bits per heavy atom. The van der Waals surface area contributed by atoms with Crippen molar-refractivity contribution in [3.8, 4) is 5.69 Å². The Morgan fingerprint density at radius 1 is 1.25 bits per heavy atom. The van der Waals surface area contributed by atoms with Gasteiger partial charge in [0.25, 0.3) is 0 Å². The van der Waals surface area contributed by atoms with Gasteiger partial charge in [0.15, 0.2) is 0 Å². The third-order valence-electron chi connectivity index (χ3n) is 2.73. The number of aromatic nitrogens is 2. The number of para-hydroxylation sites is 1. The number of hydrogen-bond acceptors (Lipinski definition) is 2. The zero-order valence-electron chi connectivity index (χ0n) is 8.69. The Hall–Kier alpha value is -1.32. The van der Waals surface area contributed by atoms with Gasteiger partial charge in [0.05, 0.1) is 24.6 Å². The highest BCUT2D eigenvalue weighted by molar-refractivity contribution is 6.30. The first-order chi connectivity index (χ1) is 7.86. The number of halogens is 1. The molecule has 0 saturated carbocycles. The van der Waals surface area contributed by atoms with Gasteiger partial charge in [-0.25, -0.2) is 4.68 Å². The van der Waals surface area contributed by atoms with E-state index in [1.807, 2.05) is 30.3 Å². The first-order valence-electron chi connectivity index (χ1n) is 5.25. The van der Waals surface area contributed by atoms with Crippen molar-refractivity contribution in [3.63, 3.8) is 0 Å². The molecule has 1 aliphatic rings. The van der Waals surface area contributed by atoms with E-state index in [1.165, 1.54) is 0 Å². The van der Waals surface area contributed by atoms with E-state index in [0.717, 1.165) is 30.0 Å². The van der Waals surface area contributed by atoms with E-state index in [2.05, 4.69) is 5.10 Å². The maximum Gasteiger partial charge on any atom is 0.138 e. The van der Waals surface area contributed by atoms with Crippen LogP contribution in [0.15, 0.2) is 30.3 Å². The molecule has 0 atom stereocenters. The minimum atomic E-state index is 0.570. The molecule has 16 heavy (non-hydrogen) atoms. The van der Waals surface area contributed by atoms with Crippen LogP contribution in [0.1, 0.15) is 11.3 Å². The fraction of sp³-hybridized carbons (Fsp3) is 0.250. The minimum Gasteiger partial charge on any atom is -0.376 e. The van der Waals surface area contributed by atoms with Crippen LogP contribution in [0.25, 0.3) is 5.69 Å². The lowest BCUT2D eigenvalue weighted by atomic mass is 10.2. The lowest BCUT2D eigenvalue weighted by Crippen LogP contribution is -2.08. The van der Waals surface area contributed by atoms with Gasteiger partial charge in [0, 0.05) is 12.0 Å². The van der Waals surface area contributed by atoms with Crippen molar-refractivity contribution in [1.82, 2.24) is 9.78 Å². The van der Waals surface area contributed by atoms with Crippen LogP contribution in [-0.2, 0) is 17.8 Å². The molecule has 0 saturated heterocycles. The second kappa shape index (κ2) is 3.92. The smallest absolute Gasteiger partial charge is 0.138 e. The van der Waals surface area contributed by atoms with Crippen molar-refractivity contribution in [2.24, 2.45) is 0 Å². The summed E-state index contributed by atoms with van der Waals surface area (Å²) in [6, 6.07) is 9.91. The first kappa shape index (κ1) is 9.87. The van der Waals surface area contributed by atoms with Crippen molar-refractivity contribution >= 4 is 11.6 Å². The fourth-order valence-corrected chi connectivity index (χ4v) is 2.20. The van der Waals surface area contributed by atoms with Gasteiger partial charge in [-0.3, -0.25) is 0 Å². The van der Waals surface area contributed by atoms with Gasteiger partial charge in [-0.2, -0.15) is 5.10 Å². The van der Waals surface area contributed by atoms with E-state index in [4.69, 9.17) is 16.3 Å². The summed E-state index contributed by atoms with van der Waals surface area (Å²) in [5.74, 6) is 0. The lowest BCUT2D eigenvalue weighted by Gasteiger charge is -2.09. The number of ether oxygens (including phenoxy) is 1. The van der Waals surface area contributed by atoms with Crippen molar-refractivity contribution in [2.45, 2.75) is 13.0 Å². The summed E-state index contributed by atoms with van der Waals surface area (Å²) in [7, 11) is 0. The summed E-state index contributed by atoms with van der Waals surface area (Å²) < 4.78 is 7.17. The Morgan fingerprint density at radius 2 is 2.06 bits per heavy atom. The van der Waals surface area contributed by atoms with Crippen molar-refractivity contribution in [3.05, 3.63) is 46.7 Å².